The quantitative estimate of drug-likeness (QED) is 0.638. The van der Waals surface area contributed by atoms with Crippen LogP contribution in [0.2, 0.25) is 0 Å². The van der Waals surface area contributed by atoms with Gasteiger partial charge in [0.2, 0.25) is 5.78 Å². The summed E-state index contributed by atoms with van der Waals surface area (Å²) in [5.41, 5.74) is 0.348. The molecule has 0 bridgehead atoms. The lowest BCUT2D eigenvalue weighted by atomic mass is 9.67. The van der Waals surface area contributed by atoms with Crippen molar-refractivity contribution in [2.45, 2.75) is 39.0 Å². The molecule has 1 amide bonds. The third-order valence-electron chi connectivity index (χ3n) is 3.83. The van der Waals surface area contributed by atoms with Crippen molar-refractivity contribution in [1.29, 1.82) is 0 Å². The Hall–Kier alpha value is -0.860. The molecule has 2 fully saturated rings. The molecule has 0 spiro atoms. The average molecular weight is 195 g/mol. The van der Waals surface area contributed by atoms with E-state index in [1.54, 1.807) is 4.90 Å². The van der Waals surface area contributed by atoms with Gasteiger partial charge in [-0.25, -0.2) is 0 Å². The van der Waals surface area contributed by atoms with Crippen LogP contribution in [0, 0.1) is 5.41 Å². The van der Waals surface area contributed by atoms with Crippen LogP contribution < -0.4 is 0 Å². The Balaban J connectivity index is 1.97. The van der Waals surface area contributed by atoms with E-state index < -0.39 is 0 Å². The first kappa shape index (κ1) is 9.69. The zero-order chi connectivity index (χ0) is 10.2. The molecule has 1 saturated carbocycles. The molecule has 1 heterocycles. The Labute approximate surface area is 84.5 Å². The smallest absolute Gasteiger partial charge is 0.290 e. The number of nitrogens with zero attached hydrogens (tertiary/aromatic N) is 1. The van der Waals surface area contributed by atoms with Crippen molar-refractivity contribution in [3.8, 4) is 0 Å². The van der Waals surface area contributed by atoms with Crippen molar-refractivity contribution in [3.05, 3.63) is 0 Å². The monoisotopic (exact) mass is 195 g/mol. The largest absolute Gasteiger partial charge is 0.335 e. The van der Waals surface area contributed by atoms with Gasteiger partial charge in [-0.05, 0) is 24.7 Å². The molecular formula is C11H17NO2. The summed E-state index contributed by atoms with van der Waals surface area (Å²) in [4.78, 5) is 24.2. The standard InChI is InChI=1S/C11H17NO2/c1-2-11(5-3-6-11)8-12-7-4-9(13)10(12)14/h2-8H2,1H3. The van der Waals surface area contributed by atoms with E-state index in [0.29, 0.717) is 18.4 Å². The van der Waals surface area contributed by atoms with Crippen LogP contribution in [0.3, 0.4) is 0 Å². The van der Waals surface area contributed by atoms with E-state index in [2.05, 4.69) is 6.92 Å². The molecule has 3 heteroatoms. The van der Waals surface area contributed by atoms with Crippen LogP contribution >= 0.6 is 0 Å². The van der Waals surface area contributed by atoms with Crippen molar-refractivity contribution in [3.63, 3.8) is 0 Å². The summed E-state index contributed by atoms with van der Waals surface area (Å²) < 4.78 is 0. The Morgan fingerprint density at radius 2 is 2.07 bits per heavy atom. The SMILES string of the molecule is CCC1(CN2CCC(=O)C2=O)CCC1. The highest BCUT2D eigenvalue weighted by molar-refractivity contribution is 6.37. The molecule has 0 aromatic rings. The summed E-state index contributed by atoms with van der Waals surface area (Å²) in [5, 5.41) is 0. The van der Waals surface area contributed by atoms with Crippen LogP contribution in [-0.2, 0) is 9.59 Å². The van der Waals surface area contributed by atoms with Gasteiger partial charge in [-0.3, -0.25) is 9.59 Å². The van der Waals surface area contributed by atoms with Crippen LogP contribution in [0.1, 0.15) is 39.0 Å². The molecule has 0 N–H and O–H groups in total. The fourth-order valence-electron chi connectivity index (χ4n) is 2.48. The molecule has 1 saturated heterocycles. The van der Waals surface area contributed by atoms with E-state index in [0.717, 1.165) is 13.0 Å². The van der Waals surface area contributed by atoms with Crippen molar-refractivity contribution in [2.75, 3.05) is 13.1 Å². The summed E-state index contributed by atoms with van der Waals surface area (Å²) in [5.74, 6) is -0.444. The highest BCUT2D eigenvalue weighted by Crippen LogP contribution is 2.44. The van der Waals surface area contributed by atoms with E-state index in [1.165, 1.54) is 19.3 Å². The fourth-order valence-corrected chi connectivity index (χ4v) is 2.48. The number of likely N-dealkylation sites (tertiary alicyclic amines) is 1. The molecule has 0 radical (unpaired) electrons. The van der Waals surface area contributed by atoms with Crippen LogP contribution in [0.25, 0.3) is 0 Å². The van der Waals surface area contributed by atoms with Crippen molar-refractivity contribution in [1.82, 2.24) is 4.90 Å². The van der Waals surface area contributed by atoms with Gasteiger partial charge in [-0.2, -0.15) is 0 Å². The normalized spacial score (nSPS) is 25.4. The molecule has 2 rings (SSSR count). The maximum absolute atomic E-state index is 11.4. The predicted molar refractivity (Wildman–Crippen MR) is 52.8 cm³/mol. The summed E-state index contributed by atoms with van der Waals surface area (Å²) in [6.07, 6.45) is 5.29. The van der Waals surface area contributed by atoms with E-state index in [1.807, 2.05) is 0 Å². The van der Waals surface area contributed by atoms with Crippen molar-refractivity contribution >= 4 is 11.7 Å². The molecular weight excluding hydrogens is 178 g/mol. The third-order valence-corrected chi connectivity index (χ3v) is 3.83. The number of hydrogen-bond acceptors (Lipinski definition) is 2. The van der Waals surface area contributed by atoms with E-state index in [4.69, 9.17) is 0 Å². The second-order valence-electron chi connectivity index (χ2n) is 4.61. The van der Waals surface area contributed by atoms with Crippen LogP contribution in [0.4, 0.5) is 0 Å². The molecule has 1 aliphatic carbocycles. The summed E-state index contributed by atoms with van der Waals surface area (Å²) in [6, 6.07) is 0. The lowest BCUT2D eigenvalue weighted by Crippen LogP contribution is -2.43. The van der Waals surface area contributed by atoms with Gasteiger partial charge in [0.1, 0.15) is 0 Å². The summed E-state index contributed by atoms with van der Waals surface area (Å²) in [6.45, 7) is 3.65. The maximum Gasteiger partial charge on any atom is 0.290 e. The third kappa shape index (κ3) is 1.45. The fraction of sp³-hybridized carbons (Fsp3) is 0.818. The predicted octanol–water partition coefficient (Wildman–Crippen LogP) is 1.37. The van der Waals surface area contributed by atoms with Gasteiger partial charge in [-0.1, -0.05) is 13.3 Å². The molecule has 0 aromatic heterocycles. The molecule has 0 aromatic carbocycles. The molecule has 2 aliphatic rings. The number of hydrogen-bond donors (Lipinski definition) is 0. The molecule has 78 valence electrons. The summed E-state index contributed by atoms with van der Waals surface area (Å²) in [7, 11) is 0. The van der Waals surface area contributed by atoms with Crippen molar-refractivity contribution in [2.24, 2.45) is 5.41 Å². The maximum atomic E-state index is 11.4. The van der Waals surface area contributed by atoms with Crippen molar-refractivity contribution < 1.29 is 9.59 Å². The Morgan fingerprint density at radius 1 is 1.36 bits per heavy atom. The first-order chi connectivity index (χ1) is 6.67. The second-order valence-corrected chi connectivity index (χ2v) is 4.61. The minimum absolute atomic E-state index is 0.199. The van der Waals surface area contributed by atoms with Gasteiger partial charge < -0.3 is 4.90 Å². The second kappa shape index (κ2) is 3.37. The van der Waals surface area contributed by atoms with Crippen LogP contribution in [-0.4, -0.2) is 29.7 Å². The molecule has 3 nitrogen and oxygen atoms in total. The topological polar surface area (TPSA) is 37.4 Å². The number of carbonyl (C=O) groups is 2. The van der Waals surface area contributed by atoms with Crippen LogP contribution in [0.5, 0.6) is 0 Å². The van der Waals surface area contributed by atoms with Gasteiger partial charge in [0, 0.05) is 19.5 Å². The lowest BCUT2D eigenvalue weighted by molar-refractivity contribution is -0.141. The van der Waals surface area contributed by atoms with Gasteiger partial charge in [0.25, 0.3) is 5.91 Å². The summed E-state index contributed by atoms with van der Waals surface area (Å²) >= 11 is 0. The average Bonchev–Trinajstić information content (AvgIpc) is 2.42. The van der Waals surface area contributed by atoms with Gasteiger partial charge >= 0.3 is 0 Å². The lowest BCUT2D eigenvalue weighted by Gasteiger charge is -2.43. The van der Waals surface area contributed by atoms with E-state index in [-0.39, 0.29) is 11.7 Å². The first-order valence-electron chi connectivity index (χ1n) is 5.49. The Morgan fingerprint density at radius 3 is 2.43 bits per heavy atom. The Bertz CT molecular complexity index is 263. The Kier molecular flexibility index (Phi) is 2.33. The zero-order valence-electron chi connectivity index (χ0n) is 8.71. The van der Waals surface area contributed by atoms with Gasteiger partial charge in [0.15, 0.2) is 0 Å². The van der Waals surface area contributed by atoms with Gasteiger partial charge in [-0.15, -0.1) is 0 Å². The zero-order valence-corrected chi connectivity index (χ0v) is 8.71. The highest BCUT2D eigenvalue weighted by Gasteiger charge is 2.40. The van der Waals surface area contributed by atoms with Crippen LogP contribution in [0.15, 0.2) is 0 Å². The molecule has 1 aliphatic heterocycles. The molecule has 0 atom stereocenters. The number of carbonyl (C=O) groups excluding carboxylic acids is 2. The highest BCUT2D eigenvalue weighted by atomic mass is 16.2. The molecule has 14 heavy (non-hydrogen) atoms. The van der Waals surface area contributed by atoms with E-state index >= 15 is 0 Å². The minimum Gasteiger partial charge on any atom is -0.335 e. The number of amides is 1. The van der Waals surface area contributed by atoms with E-state index in [9.17, 15) is 9.59 Å². The van der Waals surface area contributed by atoms with Gasteiger partial charge in [0.05, 0.1) is 0 Å². The molecule has 0 unspecified atom stereocenters. The number of rotatable bonds is 3. The minimum atomic E-state index is -0.246. The number of ketones is 1. The number of Topliss-reactive ketones (excluding diaryl/α,β-unsaturated/α-hetero) is 1. The first-order valence-corrected chi connectivity index (χ1v) is 5.49.